The second kappa shape index (κ2) is 5.22. The van der Waals surface area contributed by atoms with Gasteiger partial charge in [0.2, 0.25) is 4.96 Å². The van der Waals surface area contributed by atoms with Gasteiger partial charge in [-0.15, -0.1) is 16.4 Å². The minimum Gasteiger partial charge on any atom is -0.265 e. The van der Waals surface area contributed by atoms with Crippen molar-refractivity contribution < 1.29 is 8.42 Å². The van der Waals surface area contributed by atoms with Crippen molar-refractivity contribution in [3.63, 3.8) is 0 Å². The Morgan fingerprint density at radius 3 is 2.68 bits per heavy atom. The number of aromatic nitrogens is 3. The quantitative estimate of drug-likeness (QED) is 0.723. The number of halogens is 1. The van der Waals surface area contributed by atoms with Crippen LogP contribution in [-0.2, 0) is 10.0 Å². The lowest BCUT2D eigenvalue weighted by molar-refractivity contribution is 0.585. The van der Waals surface area contributed by atoms with E-state index < -0.39 is 10.0 Å². The average molecular weight is 357 g/mol. The summed E-state index contributed by atoms with van der Waals surface area (Å²) in [7, 11) is -2.42. The predicted octanol–water partition coefficient (Wildman–Crippen LogP) is 2.89. The number of fused-ring (bicyclic) bond motifs is 1. The molecule has 0 saturated carbocycles. The van der Waals surface area contributed by atoms with Crippen LogP contribution in [0, 0.1) is 13.8 Å². The van der Waals surface area contributed by atoms with E-state index in [1.165, 1.54) is 22.9 Å². The molecule has 2 aromatic heterocycles. The monoisotopic (exact) mass is 356 g/mol. The van der Waals surface area contributed by atoms with Crippen molar-refractivity contribution in [3.05, 3.63) is 39.9 Å². The maximum Gasteiger partial charge on any atom is 0.301 e. The molecule has 0 aliphatic rings. The molecule has 0 aliphatic heterocycles. The smallest absolute Gasteiger partial charge is 0.265 e. The molecule has 0 saturated heterocycles. The maximum atomic E-state index is 12.7. The molecule has 22 heavy (non-hydrogen) atoms. The molecule has 2 heterocycles. The van der Waals surface area contributed by atoms with Gasteiger partial charge in [-0.2, -0.15) is 13.4 Å². The molecule has 1 aromatic carbocycles. The van der Waals surface area contributed by atoms with E-state index in [-0.39, 0.29) is 5.16 Å². The van der Waals surface area contributed by atoms with E-state index in [4.69, 9.17) is 11.6 Å². The third-order valence-electron chi connectivity index (χ3n) is 3.32. The SMILES string of the molecule is Cc1cccc(Cl)c1N(C)S(=O)(=O)c1nc2scc(C)n2n1. The van der Waals surface area contributed by atoms with Crippen LogP contribution in [-0.4, -0.2) is 30.1 Å². The lowest BCUT2D eigenvalue weighted by Crippen LogP contribution is -2.28. The molecule has 0 fully saturated rings. The van der Waals surface area contributed by atoms with Crippen molar-refractivity contribution in [2.75, 3.05) is 11.4 Å². The molecule has 0 atom stereocenters. The summed E-state index contributed by atoms with van der Waals surface area (Å²) in [6.07, 6.45) is 0. The van der Waals surface area contributed by atoms with Crippen LogP contribution >= 0.6 is 22.9 Å². The van der Waals surface area contributed by atoms with Crippen molar-refractivity contribution in [2.24, 2.45) is 0 Å². The van der Waals surface area contributed by atoms with Crippen LogP contribution in [0.1, 0.15) is 11.3 Å². The molecular weight excluding hydrogens is 344 g/mol. The fourth-order valence-electron chi connectivity index (χ4n) is 2.15. The van der Waals surface area contributed by atoms with Gasteiger partial charge < -0.3 is 0 Å². The summed E-state index contributed by atoms with van der Waals surface area (Å²) < 4.78 is 28.1. The largest absolute Gasteiger partial charge is 0.301 e. The molecule has 0 aliphatic carbocycles. The van der Waals surface area contributed by atoms with E-state index in [1.54, 1.807) is 25.1 Å². The van der Waals surface area contributed by atoms with Crippen LogP contribution in [0.5, 0.6) is 0 Å². The Balaban J connectivity index is 2.12. The van der Waals surface area contributed by atoms with Gasteiger partial charge in [0, 0.05) is 12.4 Å². The summed E-state index contributed by atoms with van der Waals surface area (Å²) in [6.45, 7) is 3.65. The van der Waals surface area contributed by atoms with Gasteiger partial charge in [0.1, 0.15) is 0 Å². The molecule has 3 rings (SSSR count). The molecule has 116 valence electrons. The van der Waals surface area contributed by atoms with E-state index in [0.717, 1.165) is 15.6 Å². The molecule has 0 N–H and O–H groups in total. The summed E-state index contributed by atoms with van der Waals surface area (Å²) >= 11 is 7.50. The first kappa shape index (κ1) is 15.3. The topological polar surface area (TPSA) is 67.6 Å². The van der Waals surface area contributed by atoms with Gasteiger partial charge in [0.05, 0.1) is 16.4 Å². The highest BCUT2D eigenvalue weighted by Crippen LogP contribution is 2.32. The van der Waals surface area contributed by atoms with Gasteiger partial charge in [0.15, 0.2) is 0 Å². The number of hydrogen-bond acceptors (Lipinski definition) is 5. The lowest BCUT2D eigenvalue weighted by Gasteiger charge is -2.20. The molecule has 3 aromatic rings. The standard InChI is InChI=1S/C13H13ClN4O2S2/c1-8-5-4-6-10(14)11(8)17(3)22(19,20)12-15-13-18(16-12)9(2)7-21-13/h4-7H,1-3H3. The Morgan fingerprint density at radius 2 is 2.05 bits per heavy atom. The number of benzene rings is 1. The van der Waals surface area contributed by atoms with E-state index in [0.29, 0.717) is 15.7 Å². The zero-order valence-corrected chi connectivity index (χ0v) is 14.5. The third kappa shape index (κ3) is 2.27. The van der Waals surface area contributed by atoms with E-state index in [1.807, 2.05) is 12.3 Å². The van der Waals surface area contributed by atoms with Crippen LogP contribution in [0.3, 0.4) is 0 Å². The average Bonchev–Trinajstić information content (AvgIpc) is 3.01. The van der Waals surface area contributed by atoms with Crippen LogP contribution in [0.4, 0.5) is 5.69 Å². The first-order chi connectivity index (χ1) is 10.3. The van der Waals surface area contributed by atoms with Crippen LogP contribution in [0.25, 0.3) is 4.96 Å². The number of rotatable bonds is 3. The fourth-order valence-corrected chi connectivity index (χ4v) is 4.52. The summed E-state index contributed by atoms with van der Waals surface area (Å²) in [4.78, 5) is 4.65. The molecule has 0 amide bonds. The predicted molar refractivity (Wildman–Crippen MR) is 87.4 cm³/mol. The van der Waals surface area contributed by atoms with E-state index >= 15 is 0 Å². The number of sulfonamides is 1. The second-order valence-electron chi connectivity index (χ2n) is 4.84. The van der Waals surface area contributed by atoms with Crippen molar-refractivity contribution >= 4 is 43.6 Å². The molecular formula is C13H13ClN4O2S2. The van der Waals surface area contributed by atoms with Crippen molar-refractivity contribution in [3.8, 4) is 0 Å². The zero-order valence-electron chi connectivity index (χ0n) is 12.1. The van der Waals surface area contributed by atoms with Crippen LogP contribution in [0.2, 0.25) is 5.02 Å². The number of anilines is 1. The highest BCUT2D eigenvalue weighted by atomic mass is 35.5. The number of hydrogen-bond donors (Lipinski definition) is 0. The number of nitrogens with zero attached hydrogens (tertiary/aromatic N) is 4. The summed E-state index contributed by atoms with van der Waals surface area (Å²) in [5, 5.41) is 6.09. The Morgan fingerprint density at radius 1 is 1.32 bits per heavy atom. The summed E-state index contributed by atoms with van der Waals surface area (Å²) in [5.41, 5.74) is 2.03. The Bertz CT molecular complexity index is 941. The van der Waals surface area contributed by atoms with Crippen molar-refractivity contribution in [1.29, 1.82) is 0 Å². The Hall–Kier alpha value is -1.64. The zero-order chi connectivity index (χ0) is 16.1. The first-order valence-corrected chi connectivity index (χ1v) is 9.07. The Labute approximate surface area is 137 Å². The minimum absolute atomic E-state index is 0.232. The Kier molecular flexibility index (Phi) is 3.62. The van der Waals surface area contributed by atoms with E-state index in [2.05, 4.69) is 10.1 Å². The van der Waals surface area contributed by atoms with Gasteiger partial charge in [-0.05, 0) is 25.5 Å². The number of aryl methyl sites for hydroxylation is 2. The van der Waals surface area contributed by atoms with Gasteiger partial charge in [-0.3, -0.25) is 4.31 Å². The van der Waals surface area contributed by atoms with Crippen LogP contribution < -0.4 is 4.31 Å². The fraction of sp³-hybridized carbons (Fsp3) is 0.231. The maximum absolute atomic E-state index is 12.7. The molecule has 0 radical (unpaired) electrons. The molecule has 0 spiro atoms. The second-order valence-corrected chi connectivity index (χ2v) is 7.95. The van der Waals surface area contributed by atoms with Gasteiger partial charge >= 0.3 is 10.0 Å². The van der Waals surface area contributed by atoms with Crippen molar-refractivity contribution in [1.82, 2.24) is 14.6 Å². The number of thiazole rings is 1. The van der Waals surface area contributed by atoms with Gasteiger partial charge in [-0.1, -0.05) is 23.7 Å². The normalized spacial score (nSPS) is 12.0. The minimum atomic E-state index is -3.87. The highest BCUT2D eigenvalue weighted by molar-refractivity contribution is 7.92. The summed E-state index contributed by atoms with van der Waals surface area (Å²) in [5.74, 6) is 0. The molecule has 6 nitrogen and oxygen atoms in total. The molecule has 0 bridgehead atoms. The van der Waals surface area contributed by atoms with Crippen LogP contribution in [0.15, 0.2) is 28.7 Å². The van der Waals surface area contributed by atoms with Crippen molar-refractivity contribution in [2.45, 2.75) is 19.0 Å². The summed E-state index contributed by atoms with van der Waals surface area (Å²) in [6, 6.07) is 5.23. The lowest BCUT2D eigenvalue weighted by atomic mass is 10.2. The van der Waals surface area contributed by atoms with Gasteiger partial charge in [-0.25, -0.2) is 4.52 Å². The third-order valence-corrected chi connectivity index (χ3v) is 6.10. The van der Waals surface area contributed by atoms with Gasteiger partial charge in [0.25, 0.3) is 5.16 Å². The molecule has 9 heteroatoms. The number of para-hydroxylation sites is 1. The molecule has 0 unspecified atom stereocenters. The first-order valence-electron chi connectivity index (χ1n) is 6.37. The highest BCUT2D eigenvalue weighted by Gasteiger charge is 2.29. The van der Waals surface area contributed by atoms with E-state index in [9.17, 15) is 8.42 Å².